The number of carbonyl (C=O) groups excluding carboxylic acids is 1. The summed E-state index contributed by atoms with van der Waals surface area (Å²) in [5.41, 5.74) is 2.78. The van der Waals surface area contributed by atoms with Crippen LogP contribution in [0.25, 0.3) is 22.4 Å². The monoisotopic (exact) mass is 408 g/mol. The number of nitrogens with zero attached hydrogens (tertiary/aromatic N) is 2. The summed E-state index contributed by atoms with van der Waals surface area (Å²) < 4.78 is 16.3. The van der Waals surface area contributed by atoms with Gasteiger partial charge in [-0.3, -0.25) is 4.79 Å². The SMILES string of the molecule is O=C(CSc1nnc(-c2c[nH]c3ccccc23)o1)NCc1ccc2c(c1)OCO2. The topological polar surface area (TPSA) is 102 Å². The zero-order valence-corrected chi connectivity index (χ0v) is 16.0. The summed E-state index contributed by atoms with van der Waals surface area (Å²) in [6.45, 7) is 0.632. The van der Waals surface area contributed by atoms with Crippen molar-refractivity contribution in [1.82, 2.24) is 20.5 Å². The molecule has 0 fully saturated rings. The van der Waals surface area contributed by atoms with Crippen molar-refractivity contribution in [2.24, 2.45) is 0 Å². The Morgan fingerprint density at radius 3 is 3.00 bits per heavy atom. The Balaban J connectivity index is 1.17. The van der Waals surface area contributed by atoms with Gasteiger partial charge < -0.3 is 24.2 Å². The minimum absolute atomic E-state index is 0.125. The molecule has 9 heteroatoms. The van der Waals surface area contributed by atoms with E-state index in [4.69, 9.17) is 13.9 Å². The fraction of sp³-hybridized carbons (Fsp3) is 0.150. The van der Waals surface area contributed by atoms with E-state index < -0.39 is 0 Å². The molecule has 146 valence electrons. The molecule has 8 nitrogen and oxygen atoms in total. The summed E-state index contributed by atoms with van der Waals surface area (Å²) in [7, 11) is 0. The molecular formula is C20H16N4O4S. The second-order valence-electron chi connectivity index (χ2n) is 6.37. The van der Waals surface area contributed by atoms with Gasteiger partial charge in [0.1, 0.15) is 0 Å². The maximum absolute atomic E-state index is 12.2. The van der Waals surface area contributed by atoms with Gasteiger partial charge in [-0.2, -0.15) is 0 Å². The quantitative estimate of drug-likeness (QED) is 0.472. The summed E-state index contributed by atoms with van der Waals surface area (Å²) >= 11 is 1.20. The molecule has 0 radical (unpaired) electrons. The van der Waals surface area contributed by atoms with Crippen LogP contribution in [-0.4, -0.2) is 33.6 Å². The third kappa shape index (κ3) is 3.64. The molecule has 1 amide bonds. The molecule has 5 rings (SSSR count). The minimum Gasteiger partial charge on any atom is -0.454 e. The Kier molecular flexibility index (Phi) is 4.57. The summed E-state index contributed by atoms with van der Waals surface area (Å²) in [4.78, 5) is 15.3. The van der Waals surface area contributed by atoms with Crippen LogP contribution in [0.15, 0.2) is 58.3 Å². The van der Waals surface area contributed by atoms with E-state index in [2.05, 4.69) is 20.5 Å². The number of benzene rings is 2. The molecule has 1 aliphatic heterocycles. The minimum atomic E-state index is -0.125. The van der Waals surface area contributed by atoms with Crippen LogP contribution < -0.4 is 14.8 Å². The third-order valence-electron chi connectivity index (χ3n) is 4.48. The number of thioether (sulfide) groups is 1. The van der Waals surface area contributed by atoms with E-state index in [1.165, 1.54) is 11.8 Å². The van der Waals surface area contributed by atoms with Gasteiger partial charge in [0.05, 0.1) is 11.3 Å². The first-order chi connectivity index (χ1) is 14.3. The number of amides is 1. The van der Waals surface area contributed by atoms with Crippen molar-refractivity contribution in [3.8, 4) is 23.0 Å². The first kappa shape index (κ1) is 17.6. The van der Waals surface area contributed by atoms with Gasteiger partial charge in [0, 0.05) is 23.6 Å². The molecule has 29 heavy (non-hydrogen) atoms. The highest BCUT2D eigenvalue weighted by Gasteiger charge is 2.15. The number of carbonyl (C=O) groups is 1. The maximum Gasteiger partial charge on any atom is 0.277 e. The van der Waals surface area contributed by atoms with Crippen LogP contribution in [0.4, 0.5) is 0 Å². The van der Waals surface area contributed by atoms with Crippen molar-refractivity contribution in [2.75, 3.05) is 12.5 Å². The highest BCUT2D eigenvalue weighted by atomic mass is 32.2. The molecule has 0 saturated heterocycles. The van der Waals surface area contributed by atoms with Crippen LogP contribution in [0, 0.1) is 0 Å². The van der Waals surface area contributed by atoms with Crippen molar-refractivity contribution in [2.45, 2.75) is 11.8 Å². The van der Waals surface area contributed by atoms with Crippen LogP contribution in [0.5, 0.6) is 11.5 Å². The van der Waals surface area contributed by atoms with Crippen molar-refractivity contribution >= 4 is 28.6 Å². The van der Waals surface area contributed by atoms with Gasteiger partial charge in [-0.25, -0.2) is 0 Å². The van der Waals surface area contributed by atoms with E-state index in [1.807, 2.05) is 48.7 Å². The lowest BCUT2D eigenvalue weighted by Gasteiger charge is -2.05. The van der Waals surface area contributed by atoms with Crippen molar-refractivity contribution in [3.63, 3.8) is 0 Å². The van der Waals surface area contributed by atoms with Crippen LogP contribution in [0.1, 0.15) is 5.56 Å². The Morgan fingerprint density at radius 2 is 2.03 bits per heavy atom. The van der Waals surface area contributed by atoms with Crippen LogP contribution in [0.2, 0.25) is 0 Å². The number of nitrogens with one attached hydrogen (secondary N) is 2. The van der Waals surface area contributed by atoms with Gasteiger partial charge in [0.25, 0.3) is 11.1 Å². The van der Waals surface area contributed by atoms with Gasteiger partial charge in [0.15, 0.2) is 11.5 Å². The lowest BCUT2D eigenvalue weighted by Crippen LogP contribution is -2.24. The molecule has 2 aromatic heterocycles. The maximum atomic E-state index is 12.2. The predicted molar refractivity (Wildman–Crippen MR) is 107 cm³/mol. The largest absolute Gasteiger partial charge is 0.454 e. The second kappa shape index (κ2) is 7.51. The Hall–Kier alpha value is -3.46. The van der Waals surface area contributed by atoms with E-state index in [-0.39, 0.29) is 18.5 Å². The predicted octanol–water partition coefficient (Wildman–Crippen LogP) is 3.36. The number of aromatic amines is 1. The summed E-state index contributed by atoms with van der Waals surface area (Å²) in [6, 6.07) is 13.5. The molecule has 2 N–H and O–H groups in total. The molecule has 0 aliphatic carbocycles. The average Bonchev–Trinajstić information content (AvgIpc) is 3.49. The Morgan fingerprint density at radius 1 is 1.14 bits per heavy atom. The first-order valence-electron chi connectivity index (χ1n) is 8.94. The number of aromatic nitrogens is 3. The molecule has 3 heterocycles. The molecule has 4 aromatic rings. The van der Waals surface area contributed by atoms with E-state index in [9.17, 15) is 4.79 Å². The fourth-order valence-corrected chi connectivity index (χ4v) is 3.65. The van der Waals surface area contributed by atoms with Gasteiger partial charge in [0.2, 0.25) is 12.7 Å². The number of rotatable bonds is 6. The lowest BCUT2D eigenvalue weighted by atomic mass is 10.2. The number of para-hydroxylation sites is 1. The average molecular weight is 408 g/mol. The first-order valence-corrected chi connectivity index (χ1v) is 9.93. The number of hydrogen-bond donors (Lipinski definition) is 2. The smallest absolute Gasteiger partial charge is 0.277 e. The van der Waals surface area contributed by atoms with Crippen molar-refractivity contribution in [3.05, 3.63) is 54.2 Å². The molecular weight excluding hydrogens is 392 g/mol. The molecule has 0 unspecified atom stereocenters. The van der Waals surface area contributed by atoms with Gasteiger partial charge in [-0.05, 0) is 23.8 Å². The Labute approximate surface area is 169 Å². The second-order valence-corrected chi connectivity index (χ2v) is 7.30. The fourth-order valence-electron chi connectivity index (χ4n) is 3.06. The molecule has 1 aliphatic rings. The molecule has 0 spiro atoms. The van der Waals surface area contributed by atoms with Crippen LogP contribution in [0.3, 0.4) is 0 Å². The highest BCUT2D eigenvalue weighted by molar-refractivity contribution is 7.99. The molecule has 2 aromatic carbocycles. The lowest BCUT2D eigenvalue weighted by molar-refractivity contribution is -0.118. The number of hydrogen-bond acceptors (Lipinski definition) is 7. The molecule has 0 atom stereocenters. The molecule has 0 bridgehead atoms. The van der Waals surface area contributed by atoms with E-state index in [0.29, 0.717) is 23.4 Å². The van der Waals surface area contributed by atoms with E-state index >= 15 is 0 Å². The van der Waals surface area contributed by atoms with E-state index in [0.717, 1.165) is 27.8 Å². The van der Waals surface area contributed by atoms with Crippen molar-refractivity contribution in [1.29, 1.82) is 0 Å². The Bertz CT molecular complexity index is 1190. The normalized spacial score (nSPS) is 12.4. The van der Waals surface area contributed by atoms with Crippen LogP contribution >= 0.6 is 11.8 Å². The third-order valence-corrected chi connectivity index (χ3v) is 5.30. The van der Waals surface area contributed by atoms with E-state index in [1.54, 1.807) is 0 Å². The molecule has 0 saturated carbocycles. The standard InChI is InChI=1S/C20H16N4O4S/c25-18(22-8-12-5-6-16-17(7-12)27-11-26-16)10-29-20-24-23-19(28-20)14-9-21-15-4-2-1-3-13(14)15/h1-7,9,21H,8,10-11H2,(H,22,25). The van der Waals surface area contributed by atoms with Crippen molar-refractivity contribution < 1.29 is 18.7 Å². The van der Waals surface area contributed by atoms with Crippen LogP contribution in [-0.2, 0) is 11.3 Å². The van der Waals surface area contributed by atoms with Gasteiger partial charge in [-0.15, -0.1) is 10.2 Å². The summed E-state index contributed by atoms with van der Waals surface area (Å²) in [5.74, 6) is 1.89. The number of ether oxygens (including phenoxy) is 2. The van der Waals surface area contributed by atoms with Gasteiger partial charge in [-0.1, -0.05) is 36.0 Å². The zero-order chi connectivity index (χ0) is 19.6. The summed E-state index contributed by atoms with van der Waals surface area (Å²) in [6.07, 6.45) is 1.84. The summed E-state index contributed by atoms with van der Waals surface area (Å²) in [5, 5.41) is 12.4. The number of fused-ring (bicyclic) bond motifs is 2. The zero-order valence-electron chi connectivity index (χ0n) is 15.2. The highest BCUT2D eigenvalue weighted by Crippen LogP contribution is 2.32. The van der Waals surface area contributed by atoms with Gasteiger partial charge >= 0.3 is 0 Å². The number of H-pyrrole nitrogens is 1.